The van der Waals surface area contributed by atoms with Crippen molar-refractivity contribution in [2.45, 2.75) is 25.7 Å². The summed E-state index contributed by atoms with van der Waals surface area (Å²) in [5.41, 5.74) is 0.434. The molecule has 2 fully saturated rings. The Hall–Kier alpha value is -0.820. The third-order valence-corrected chi connectivity index (χ3v) is 6.49. The Morgan fingerprint density at radius 1 is 1.16 bits per heavy atom. The van der Waals surface area contributed by atoms with E-state index in [0.29, 0.717) is 26.7 Å². The Balaban J connectivity index is 1.37. The lowest BCUT2D eigenvalue weighted by Crippen LogP contribution is -2.51. The molecule has 3 rings (SSSR count). The zero-order valence-electron chi connectivity index (χ0n) is 14.1. The van der Waals surface area contributed by atoms with Gasteiger partial charge in [-0.15, -0.1) is 11.3 Å². The molecule has 1 aromatic heterocycles. The molecule has 2 amide bonds. The number of amides is 2. The molecule has 138 valence electrons. The van der Waals surface area contributed by atoms with Crippen LogP contribution in [0.4, 0.5) is 0 Å². The first-order chi connectivity index (χ1) is 12.0. The van der Waals surface area contributed by atoms with Crippen molar-refractivity contribution in [2.75, 3.05) is 39.3 Å². The summed E-state index contributed by atoms with van der Waals surface area (Å²) >= 11 is 13.1. The number of piperazine rings is 1. The number of hydrogen-bond donors (Lipinski definition) is 1. The number of thiophene rings is 1. The Labute approximate surface area is 162 Å². The number of nitrogens with zero attached hydrogens (tertiary/aromatic N) is 2. The van der Waals surface area contributed by atoms with E-state index in [-0.39, 0.29) is 11.8 Å². The maximum atomic E-state index is 12.4. The van der Waals surface area contributed by atoms with Gasteiger partial charge in [-0.2, -0.15) is 0 Å². The molecule has 25 heavy (non-hydrogen) atoms. The molecule has 1 saturated heterocycles. The minimum Gasteiger partial charge on any atom is -0.351 e. The van der Waals surface area contributed by atoms with E-state index < -0.39 is 0 Å². The van der Waals surface area contributed by atoms with Gasteiger partial charge in [-0.25, -0.2) is 0 Å². The van der Waals surface area contributed by atoms with E-state index in [4.69, 9.17) is 23.2 Å². The van der Waals surface area contributed by atoms with Crippen molar-refractivity contribution in [3.8, 4) is 0 Å². The molecule has 1 aromatic rings. The fraction of sp³-hybridized carbons (Fsp3) is 0.647. The summed E-state index contributed by atoms with van der Waals surface area (Å²) < 4.78 is 0.930. The Morgan fingerprint density at radius 2 is 1.84 bits per heavy atom. The number of carbonyl (C=O) groups is 2. The third-order valence-electron chi connectivity index (χ3n) is 5.00. The van der Waals surface area contributed by atoms with Gasteiger partial charge < -0.3 is 10.2 Å². The van der Waals surface area contributed by atoms with Crippen LogP contribution in [-0.2, 0) is 4.79 Å². The summed E-state index contributed by atoms with van der Waals surface area (Å²) in [7, 11) is 0. The summed E-state index contributed by atoms with van der Waals surface area (Å²) in [5, 5.41) is 2.88. The lowest BCUT2D eigenvalue weighted by Gasteiger charge is -2.36. The molecule has 1 aliphatic carbocycles. The second kappa shape index (κ2) is 8.71. The van der Waals surface area contributed by atoms with Gasteiger partial charge >= 0.3 is 0 Å². The van der Waals surface area contributed by atoms with Gasteiger partial charge in [0, 0.05) is 45.2 Å². The Kier molecular flexibility index (Phi) is 6.61. The number of carbonyl (C=O) groups excluding carboxylic acids is 2. The van der Waals surface area contributed by atoms with Crippen LogP contribution in [0.3, 0.4) is 0 Å². The van der Waals surface area contributed by atoms with E-state index in [9.17, 15) is 9.59 Å². The van der Waals surface area contributed by atoms with Crippen LogP contribution in [-0.4, -0.2) is 60.9 Å². The van der Waals surface area contributed by atoms with Gasteiger partial charge in [0.1, 0.15) is 4.34 Å². The van der Waals surface area contributed by atoms with Crippen LogP contribution in [0.5, 0.6) is 0 Å². The smallest absolute Gasteiger partial charge is 0.253 e. The van der Waals surface area contributed by atoms with Crippen LogP contribution in [0, 0.1) is 5.92 Å². The van der Waals surface area contributed by atoms with E-state index in [0.717, 1.165) is 45.6 Å². The molecular weight excluding hydrogens is 381 g/mol. The molecule has 0 atom stereocenters. The van der Waals surface area contributed by atoms with Gasteiger partial charge in [0.25, 0.3) is 5.91 Å². The first kappa shape index (κ1) is 19.0. The standard InChI is InChI=1S/C17H23Cl2N3O2S/c18-14-11-13(15(19)25-14)16(23)20-5-6-21-7-9-22(10-8-21)17(24)12-3-1-2-4-12/h11-12H,1-10H2,(H,20,23). The van der Waals surface area contributed by atoms with Crippen LogP contribution in [0.25, 0.3) is 0 Å². The molecule has 0 unspecified atom stereocenters. The molecule has 1 saturated carbocycles. The molecule has 0 bridgehead atoms. The summed E-state index contributed by atoms with van der Waals surface area (Å²) in [6.45, 7) is 4.62. The predicted molar refractivity (Wildman–Crippen MR) is 102 cm³/mol. The van der Waals surface area contributed by atoms with Gasteiger partial charge in [-0.1, -0.05) is 36.0 Å². The molecule has 1 N–H and O–H groups in total. The highest BCUT2D eigenvalue weighted by atomic mass is 35.5. The van der Waals surface area contributed by atoms with Crippen LogP contribution in [0.1, 0.15) is 36.0 Å². The van der Waals surface area contributed by atoms with Crippen LogP contribution in [0.2, 0.25) is 8.67 Å². The largest absolute Gasteiger partial charge is 0.351 e. The quantitative estimate of drug-likeness (QED) is 0.821. The van der Waals surface area contributed by atoms with E-state index in [2.05, 4.69) is 10.2 Å². The van der Waals surface area contributed by atoms with Crippen molar-refractivity contribution < 1.29 is 9.59 Å². The second-order valence-electron chi connectivity index (χ2n) is 6.64. The zero-order valence-corrected chi connectivity index (χ0v) is 16.4. The number of nitrogens with one attached hydrogen (secondary N) is 1. The Morgan fingerprint density at radius 3 is 2.44 bits per heavy atom. The number of rotatable bonds is 5. The average molecular weight is 404 g/mol. The lowest BCUT2D eigenvalue weighted by atomic mass is 10.1. The molecule has 0 radical (unpaired) electrons. The van der Waals surface area contributed by atoms with Crippen molar-refractivity contribution in [1.29, 1.82) is 0 Å². The van der Waals surface area contributed by atoms with Crippen LogP contribution in [0.15, 0.2) is 6.07 Å². The SMILES string of the molecule is O=C(NCCN1CCN(C(=O)C2CCCC2)CC1)c1cc(Cl)sc1Cl. The first-order valence-corrected chi connectivity index (χ1v) is 10.4. The molecular formula is C17H23Cl2N3O2S. The first-order valence-electron chi connectivity index (χ1n) is 8.79. The van der Waals surface area contributed by atoms with E-state index in [1.807, 2.05) is 4.90 Å². The van der Waals surface area contributed by atoms with Gasteiger partial charge in [0.05, 0.1) is 9.90 Å². The van der Waals surface area contributed by atoms with Crippen LogP contribution >= 0.6 is 34.5 Å². The maximum absolute atomic E-state index is 12.4. The summed E-state index contributed by atoms with van der Waals surface area (Å²) in [5.74, 6) is 0.408. The molecule has 0 aromatic carbocycles. The predicted octanol–water partition coefficient (Wildman–Crippen LogP) is 3.12. The molecule has 1 aliphatic heterocycles. The van der Waals surface area contributed by atoms with Gasteiger partial charge in [0.2, 0.25) is 5.91 Å². The molecule has 2 aliphatic rings. The maximum Gasteiger partial charge on any atom is 0.253 e. The van der Waals surface area contributed by atoms with Gasteiger partial charge in [-0.05, 0) is 18.9 Å². The molecule has 8 heteroatoms. The van der Waals surface area contributed by atoms with Crippen molar-refractivity contribution in [2.24, 2.45) is 5.92 Å². The van der Waals surface area contributed by atoms with Crippen molar-refractivity contribution in [3.63, 3.8) is 0 Å². The molecule has 2 heterocycles. The van der Waals surface area contributed by atoms with Gasteiger partial charge in [0.15, 0.2) is 0 Å². The zero-order chi connectivity index (χ0) is 17.8. The highest BCUT2D eigenvalue weighted by molar-refractivity contribution is 7.20. The molecule has 0 spiro atoms. The number of hydrogen-bond acceptors (Lipinski definition) is 4. The topological polar surface area (TPSA) is 52.7 Å². The fourth-order valence-corrected chi connectivity index (χ4v) is 5.00. The lowest BCUT2D eigenvalue weighted by molar-refractivity contribution is -0.137. The van der Waals surface area contributed by atoms with Crippen molar-refractivity contribution >= 4 is 46.4 Å². The van der Waals surface area contributed by atoms with Crippen LogP contribution < -0.4 is 5.32 Å². The normalized spacial score (nSPS) is 19.4. The summed E-state index contributed by atoms with van der Waals surface area (Å²) in [6, 6.07) is 1.59. The van der Waals surface area contributed by atoms with E-state index in [1.54, 1.807) is 6.07 Å². The van der Waals surface area contributed by atoms with Crippen molar-refractivity contribution in [3.05, 3.63) is 20.3 Å². The average Bonchev–Trinajstić information content (AvgIpc) is 3.24. The second-order valence-corrected chi connectivity index (χ2v) is 8.93. The minimum atomic E-state index is -0.191. The van der Waals surface area contributed by atoms with Gasteiger partial charge in [-0.3, -0.25) is 14.5 Å². The highest BCUT2D eigenvalue weighted by Gasteiger charge is 2.29. The van der Waals surface area contributed by atoms with E-state index >= 15 is 0 Å². The van der Waals surface area contributed by atoms with E-state index in [1.165, 1.54) is 24.2 Å². The number of halogens is 2. The minimum absolute atomic E-state index is 0.191. The highest BCUT2D eigenvalue weighted by Crippen LogP contribution is 2.31. The third kappa shape index (κ3) is 4.88. The Bertz CT molecular complexity index is 623. The molecule has 5 nitrogen and oxygen atoms in total. The fourth-order valence-electron chi connectivity index (χ4n) is 3.54. The summed E-state index contributed by atoms with van der Waals surface area (Å²) in [4.78, 5) is 28.8. The monoisotopic (exact) mass is 403 g/mol. The summed E-state index contributed by atoms with van der Waals surface area (Å²) in [6.07, 6.45) is 4.49. The van der Waals surface area contributed by atoms with Crippen molar-refractivity contribution in [1.82, 2.24) is 15.1 Å².